The fraction of sp³-hybridized carbons (Fsp3) is 0.467. The van der Waals surface area contributed by atoms with Gasteiger partial charge < -0.3 is 20.6 Å². The summed E-state index contributed by atoms with van der Waals surface area (Å²) in [6, 6.07) is 13.7. The van der Waals surface area contributed by atoms with Crippen LogP contribution in [0.5, 0.6) is 0 Å². The van der Waals surface area contributed by atoms with Crippen molar-refractivity contribution in [1.82, 2.24) is 15.5 Å². The summed E-state index contributed by atoms with van der Waals surface area (Å²) in [6.07, 6.45) is 0.405. The molecule has 0 aromatic heterocycles. The van der Waals surface area contributed by atoms with Crippen LogP contribution in [-0.4, -0.2) is 58.8 Å². The highest BCUT2D eigenvalue weighted by molar-refractivity contribution is 6.01. The highest BCUT2D eigenvalue weighted by Crippen LogP contribution is 2.53. The van der Waals surface area contributed by atoms with Crippen molar-refractivity contribution < 1.29 is 28.3 Å². The van der Waals surface area contributed by atoms with Crippen LogP contribution in [0.25, 0.3) is 11.1 Å². The summed E-state index contributed by atoms with van der Waals surface area (Å²) in [6.45, 7) is 0.455. The Morgan fingerprint density at radius 1 is 1.12 bits per heavy atom. The molecule has 0 radical (unpaired) electrons. The number of rotatable bonds is 5. The molecule has 2 aliphatic heterocycles. The molecule has 2 heterocycles. The number of benzene rings is 2. The van der Waals surface area contributed by atoms with Gasteiger partial charge in [-0.3, -0.25) is 14.4 Å². The number of carbonyl (C=O) groups is 3. The molecule has 3 fully saturated rings. The average Bonchev–Trinajstić information content (AvgIpc) is 3.53. The van der Waals surface area contributed by atoms with Crippen LogP contribution < -0.4 is 10.6 Å². The number of halogens is 2. The summed E-state index contributed by atoms with van der Waals surface area (Å²) in [5.41, 5.74) is 0.0380. The van der Waals surface area contributed by atoms with Crippen LogP contribution in [0.2, 0.25) is 0 Å². The van der Waals surface area contributed by atoms with Crippen LogP contribution in [0.1, 0.15) is 43.2 Å². The van der Waals surface area contributed by atoms with Gasteiger partial charge in [-0.25, -0.2) is 8.78 Å². The van der Waals surface area contributed by atoms with Crippen molar-refractivity contribution in [2.45, 2.75) is 55.7 Å². The Kier molecular flexibility index (Phi) is 6.37. The van der Waals surface area contributed by atoms with Crippen LogP contribution >= 0.6 is 0 Å². The highest BCUT2D eigenvalue weighted by atomic mass is 19.3. The fourth-order valence-electron chi connectivity index (χ4n) is 7.24. The van der Waals surface area contributed by atoms with Crippen LogP contribution in [0, 0.1) is 29.1 Å². The highest BCUT2D eigenvalue weighted by Gasteiger charge is 2.61. The van der Waals surface area contributed by atoms with E-state index < -0.39 is 66.0 Å². The molecule has 0 unspecified atom stereocenters. The van der Waals surface area contributed by atoms with Crippen LogP contribution in [0.3, 0.4) is 0 Å². The van der Waals surface area contributed by atoms with E-state index in [-0.39, 0.29) is 18.9 Å². The summed E-state index contributed by atoms with van der Waals surface area (Å²) in [4.78, 5) is 41.5. The quantitative estimate of drug-likeness (QED) is 0.531. The summed E-state index contributed by atoms with van der Waals surface area (Å²) < 4.78 is 29.0. The number of piperidine rings is 1. The zero-order valence-corrected chi connectivity index (χ0v) is 21.8. The third-order valence-corrected chi connectivity index (χ3v) is 9.03. The zero-order chi connectivity index (χ0) is 28.2. The number of aliphatic hydroxyl groups is 1. The van der Waals surface area contributed by atoms with E-state index in [0.717, 1.165) is 6.42 Å². The molecular weight excluding hydrogens is 518 g/mol. The van der Waals surface area contributed by atoms with Gasteiger partial charge in [0.25, 0.3) is 5.91 Å². The number of hydrogen-bond donors (Lipinski definition) is 3. The van der Waals surface area contributed by atoms with Crippen molar-refractivity contribution in [2.24, 2.45) is 17.8 Å². The van der Waals surface area contributed by atoms with Gasteiger partial charge in [-0.2, -0.15) is 5.26 Å². The number of alkyl halides is 2. The van der Waals surface area contributed by atoms with Gasteiger partial charge >= 0.3 is 0 Å². The summed E-state index contributed by atoms with van der Waals surface area (Å²) in [5.74, 6) is -6.53. The Hall–Kier alpha value is -3.84. The summed E-state index contributed by atoms with van der Waals surface area (Å²) in [5, 5.41) is 27.3. The minimum absolute atomic E-state index is 0.0870. The molecule has 2 saturated heterocycles. The molecule has 2 aliphatic carbocycles. The van der Waals surface area contributed by atoms with Gasteiger partial charge in [0.2, 0.25) is 17.7 Å². The molecule has 0 spiro atoms. The molecule has 2 aromatic rings. The fourth-order valence-corrected chi connectivity index (χ4v) is 7.24. The number of hydrogen-bond acceptors (Lipinski definition) is 5. The molecular formula is C30H30F2N4O4. The van der Waals surface area contributed by atoms with E-state index in [4.69, 9.17) is 0 Å². The van der Waals surface area contributed by atoms with Gasteiger partial charge in [-0.05, 0) is 42.2 Å². The maximum Gasteiger partial charge on any atom is 0.264 e. The van der Waals surface area contributed by atoms with Gasteiger partial charge in [0.05, 0.1) is 6.07 Å². The van der Waals surface area contributed by atoms with Crippen molar-refractivity contribution in [3.63, 3.8) is 0 Å². The van der Waals surface area contributed by atoms with Crippen LogP contribution in [0.4, 0.5) is 8.78 Å². The lowest BCUT2D eigenvalue weighted by Gasteiger charge is -2.35. The van der Waals surface area contributed by atoms with Gasteiger partial charge in [0.1, 0.15) is 12.1 Å². The van der Waals surface area contributed by atoms with E-state index in [9.17, 15) is 33.5 Å². The minimum atomic E-state index is -2.97. The standard InChI is InChI=1S/C30H30F2N4O4/c31-29(32)13-18-16-36(28(39)30(40)23-9-3-1-7-20(23)21-8-2-4-10-24(21)30)25(22(18)14-29)27(38)35-19(15-33)12-17-6-5-11-34-26(17)37/h1-4,7-10,17-19,22,25,40H,5-6,11-14,16H2,(H,34,37)(H,35,38)/t17-,18-,19-,22-,25+/m0/s1. The second-order valence-corrected chi connectivity index (χ2v) is 11.4. The van der Waals surface area contributed by atoms with E-state index in [2.05, 4.69) is 10.6 Å². The third kappa shape index (κ3) is 4.15. The van der Waals surface area contributed by atoms with E-state index in [1.165, 1.54) is 4.90 Å². The normalized spacial score (nSPS) is 28.1. The number of fused-ring (bicyclic) bond motifs is 4. The number of likely N-dealkylation sites (tertiary alicyclic amines) is 1. The molecule has 8 nitrogen and oxygen atoms in total. The Balaban J connectivity index is 1.32. The van der Waals surface area contributed by atoms with Crippen molar-refractivity contribution in [2.75, 3.05) is 13.1 Å². The largest absolute Gasteiger partial charge is 0.372 e. The lowest BCUT2D eigenvalue weighted by atomic mass is 9.88. The van der Waals surface area contributed by atoms with Gasteiger partial charge in [0.15, 0.2) is 5.60 Å². The monoisotopic (exact) mass is 548 g/mol. The number of carbonyl (C=O) groups excluding carboxylic acids is 3. The predicted molar refractivity (Wildman–Crippen MR) is 139 cm³/mol. The van der Waals surface area contributed by atoms with Crippen molar-refractivity contribution in [3.8, 4) is 17.2 Å². The summed E-state index contributed by atoms with van der Waals surface area (Å²) >= 11 is 0. The van der Waals surface area contributed by atoms with Crippen molar-refractivity contribution in [3.05, 3.63) is 59.7 Å². The number of nitrogens with one attached hydrogen (secondary N) is 2. The average molecular weight is 549 g/mol. The number of amides is 3. The maximum atomic E-state index is 14.5. The number of nitriles is 1. The van der Waals surface area contributed by atoms with Gasteiger partial charge in [-0.15, -0.1) is 0 Å². The summed E-state index contributed by atoms with van der Waals surface area (Å²) in [7, 11) is 0. The maximum absolute atomic E-state index is 14.5. The van der Waals surface area contributed by atoms with Crippen LogP contribution in [-0.2, 0) is 20.0 Å². The van der Waals surface area contributed by atoms with Gasteiger partial charge in [-0.1, -0.05) is 48.5 Å². The number of nitrogens with zero attached hydrogens (tertiary/aromatic N) is 2. The predicted octanol–water partition coefficient (Wildman–Crippen LogP) is 2.70. The lowest BCUT2D eigenvalue weighted by Crippen LogP contribution is -2.56. The molecule has 0 bridgehead atoms. The molecule has 208 valence electrons. The molecule has 2 aromatic carbocycles. The Labute approximate surface area is 230 Å². The third-order valence-electron chi connectivity index (χ3n) is 9.03. The second kappa shape index (κ2) is 9.66. The minimum Gasteiger partial charge on any atom is -0.372 e. The Morgan fingerprint density at radius 2 is 1.77 bits per heavy atom. The van der Waals surface area contributed by atoms with E-state index >= 15 is 0 Å². The topological polar surface area (TPSA) is 123 Å². The second-order valence-electron chi connectivity index (χ2n) is 11.4. The molecule has 4 aliphatic rings. The molecule has 1 saturated carbocycles. The first-order valence-electron chi connectivity index (χ1n) is 13.7. The van der Waals surface area contributed by atoms with Crippen molar-refractivity contribution in [1.29, 1.82) is 5.26 Å². The first kappa shape index (κ1) is 26.4. The Bertz CT molecular complexity index is 1380. The molecule has 40 heavy (non-hydrogen) atoms. The molecule has 3 N–H and O–H groups in total. The first-order chi connectivity index (χ1) is 19.1. The smallest absolute Gasteiger partial charge is 0.264 e. The van der Waals surface area contributed by atoms with Crippen LogP contribution in [0.15, 0.2) is 48.5 Å². The van der Waals surface area contributed by atoms with Gasteiger partial charge in [0, 0.05) is 43.0 Å². The molecule has 5 atom stereocenters. The zero-order valence-electron chi connectivity index (χ0n) is 21.8. The Morgan fingerprint density at radius 3 is 2.40 bits per heavy atom. The molecule has 3 amide bonds. The van der Waals surface area contributed by atoms with E-state index in [1.54, 1.807) is 36.4 Å². The SMILES string of the molecule is N#C[C@H](C[C@@H]1CCCNC1=O)NC(=O)[C@H]1[C@H]2CC(F)(F)C[C@H]2CN1C(=O)C1(O)c2ccccc2-c2ccccc21. The molecule has 6 rings (SSSR count). The molecule has 10 heteroatoms. The lowest BCUT2D eigenvalue weighted by molar-refractivity contribution is -0.153. The van der Waals surface area contributed by atoms with Crippen molar-refractivity contribution >= 4 is 17.7 Å². The van der Waals surface area contributed by atoms with E-state index in [0.29, 0.717) is 35.2 Å². The van der Waals surface area contributed by atoms with E-state index in [1.807, 2.05) is 18.2 Å². The first-order valence-corrected chi connectivity index (χ1v) is 13.7.